The summed E-state index contributed by atoms with van der Waals surface area (Å²) < 4.78 is 0. The molecule has 1 saturated carbocycles. The standard InChI is InChI=1S/C19H33NO/c1-6-8-13-20(18(21)10-7-2)15-17-14-19(17,5)12-9-11-16(3)4/h7,10-11,17H,6,8-9,12-15H2,1-5H3. The van der Waals surface area contributed by atoms with Gasteiger partial charge in [0.25, 0.3) is 0 Å². The Balaban J connectivity index is 2.49. The van der Waals surface area contributed by atoms with Gasteiger partial charge in [-0.05, 0) is 63.9 Å². The minimum absolute atomic E-state index is 0.185. The Morgan fingerprint density at radius 1 is 1.38 bits per heavy atom. The molecule has 0 aromatic heterocycles. The third-order valence-corrected chi connectivity index (χ3v) is 4.65. The Morgan fingerprint density at radius 2 is 2.10 bits per heavy atom. The van der Waals surface area contributed by atoms with Crippen LogP contribution in [0.2, 0.25) is 0 Å². The predicted molar refractivity (Wildman–Crippen MR) is 91.2 cm³/mol. The minimum atomic E-state index is 0.185. The van der Waals surface area contributed by atoms with Crippen LogP contribution in [0.25, 0.3) is 0 Å². The van der Waals surface area contributed by atoms with Gasteiger partial charge in [-0.3, -0.25) is 4.79 Å². The van der Waals surface area contributed by atoms with Crippen LogP contribution in [-0.4, -0.2) is 23.9 Å². The monoisotopic (exact) mass is 291 g/mol. The molecule has 0 saturated heterocycles. The fourth-order valence-electron chi connectivity index (χ4n) is 2.94. The van der Waals surface area contributed by atoms with Crippen molar-refractivity contribution >= 4 is 5.91 Å². The zero-order chi connectivity index (χ0) is 15.9. The van der Waals surface area contributed by atoms with Crippen LogP contribution in [0.5, 0.6) is 0 Å². The van der Waals surface area contributed by atoms with Crippen LogP contribution in [0.4, 0.5) is 0 Å². The quantitative estimate of drug-likeness (QED) is 0.434. The normalized spacial score (nSPS) is 24.1. The van der Waals surface area contributed by atoms with Crippen molar-refractivity contribution in [2.24, 2.45) is 11.3 Å². The van der Waals surface area contributed by atoms with E-state index >= 15 is 0 Å². The van der Waals surface area contributed by atoms with Gasteiger partial charge in [-0.25, -0.2) is 0 Å². The number of unbranched alkanes of at least 4 members (excludes halogenated alkanes) is 1. The van der Waals surface area contributed by atoms with Crippen molar-refractivity contribution in [1.29, 1.82) is 0 Å². The van der Waals surface area contributed by atoms with Crippen molar-refractivity contribution in [2.45, 2.75) is 66.7 Å². The topological polar surface area (TPSA) is 20.3 Å². The molecule has 0 aliphatic heterocycles. The van der Waals surface area contributed by atoms with Gasteiger partial charge in [0.05, 0.1) is 0 Å². The van der Waals surface area contributed by atoms with Crippen LogP contribution in [0.15, 0.2) is 23.8 Å². The maximum atomic E-state index is 12.2. The average Bonchev–Trinajstić information content (AvgIpc) is 3.04. The fraction of sp³-hybridized carbons (Fsp3) is 0.737. The van der Waals surface area contributed by atoms with Crippen molar-refractivity contribution in [3.8, 4) is 0 Å². The number of allylic oxidation sites excluding steroid dienone is 3. The summed E-state index contributed by atoms with van der Waals surface area (Å²) in [6, 6.07) is 0. The third-order valence-electron chi connectivity index (χ3n) is 4.65. The number of hydrogen-bond donors (Lipinski definition) is 0. The molecule has 2 atom stereocenters. The summed E-state index contributed by atoms with van der Waals surface area (Å²) in [5, 5.41) is 0. The molecule has 0 aromatic carbocycles. The Labute approximate surface area is 131 Å². The molecule has 1 aliphatic carbocycles. The van der Waals surface area contributed by atoms with Crippen molar-refractivity contribution < 1.29 is 4.79 Å². The molecule has 0 N–H and O–H groups in total. The fourth-order valence-corrected chi connectivity index (χ4v) is 2.94. The molecule has 1 amide bonds. The molecular formula is C19H33NO. The summed E-state index contributed by atoms with van der Waals surface area (Å²) in [4.78, 5) is 14.2. The van der Waals surface area contributed by atoms with E-state index in [1.807, 2.05) is 13.0 Å². The first-order valence-electron chi connectivity index (χ1n) is 8.48. The van der Waals surface area contributed by atoms with Crippen LogP contribution in [-0.2, 0) is 4.79 Å². The Hall–Kier alpha value is -1.05. The molecule has 0 aromatic rings. The van der Waals surface area contributed by atoms with E-state index in [0.29, 0.717) is 11.3 Å². The van der Waals surface area contributed by atoms with E-state index in [-0.39, 0.29) is 5.91 Å². The van der Waals surface area contributed by atoms with E-state index in [0.717, 1.165) is 25.9 Å². The Morgan fingerprint density at radius 3 is 2.67 bits per heavy atom. The second-order valence-electron chi connectivity index (χ2n) is 7.01. The lowest BCUT2D eigenvalue weighted by Gasteiger charge is -2.22. The highest BCUT2D eigenvalue weighted by Crippen LogP contribution is 2.55. The maximum Gasteiger partial charge on any atom is 0.246 e. The molecule has 0 heterocycles. The van der Waals surface area contributed by atoms with Crippen LogP contribution in [0.1, 0.15) is 66.7 Å². The smallest absolute Gasteiger partial charge is 0.246 e. The third kappa shape index (κ3) is 6.07. The van der Waals surface area contributed by atoms with Gasteiger partial charge in [-0.15, -0.1) is 0 Å². The predicted octanol–water partition coefficient (Wildman–Crippen LogP) is 4.96. The first-order chi connectivity index (χ1) is 9.92. The molecule has 21 heavy (non-hydrogen) atoms. The molecule has 1 rings (SSSR count). The Kier molecular flexibility index (Phi) is 7.21. The summed E-state index contributed by atoms with van der Waals surface area (Å²) in [6.07, 6.45) is 11.8. The van der Waals surface area contributed by atoms with E-state index in [4.69, 9.17) is 0 Å². The average molecular weight is 291 g/mol. The minimum Gasteiger partial charge on any atom is -0.339 e. The van der Waals surface area contributed by atoms with Crippen LogP contribution in [0, 0.1) is 11.3 Å². The van der Waals surface area contributed by atoms with E-state index in [2.05, 4.69) is 38.7 Å². The van der Waals surface area contributed by atoms with Crippen molar-refractivity contribution in [3.63, 3.8) is 0 Å². The number of hydrogen-bond acceptors (Lipinski definition) is 1. The van der Waals surface area contributed by atoms with Gasteiger partial charge in [-0.1, -0.05) is 38.0 Å². The van der Waals surface area contributed by atoms with Crippen LogP contribution < -0.4 is 0 Å². The van der Waals surface area contributed by atoms with Crippen LogP contribution >= 0.6 is 0 Å². The van der Waals surface area contributed by atoms with E-state index in [9.17, 15) is 4.79 Å². The molecule has 0 radical (unpaired) electrons. The molecule has 2 nitrogen and oxygen atoms in total. The zero-order valence-electron chi connectivity index (χ0n) is 14.6. The lowest BCUT2D eigenvalue weighted by molar-refractivity contribution is -0.126. The van der Waals surface area contributed by atoms with Gasteiger partial charge in [0.2, 0.25) is 5.91 Å². The molecule has 0 bridgehead atoms. The molecule has 1 fully saturated rings. The van der Waals surface area contributed by atoms with Crippen LogP contribution in [0.3, 0.4) is 0 Å². The van der Waals surface area contributed by atoms with Gasteiger partial charge in [0.1, 0.15) is 0 Å². The summed E-state index contributed by atoms with van der Waals surface area (Å²) in [6.45, 7) is 12.6. The highest BCUT2D eigenvalue weighted by Gasteiger charge is 2.49. The van der Waals surface area contributed by atoms with E-state index < -0.39 is 0 Å². The number of carbonyl (C=O) groups is 1. The first-order valence-corrected chi connectivity index (χ1v) is 8.48. The molecule has 0 spiro atoms. The van der Waals surface area contributed by atoms with Crippen molar-refractivity contribution in [3.05, 3.63) is 23.8 Å². The number of rotatable bonds is 9. The lowest BCUT2D eigenvalue weighted by Crippen LogP contribution is -2.33. The number of amides is 1. The first kappa shape index (κ1) is 18.0. The molecular weight excluding hydrogens is 258 g/mol. The second kappa shape index (κ2) is 8.41. The maximum absolute atomic E-state index is 12.2. The zero-order valence-corrected chi connectivity index (χ0v) is 14.6. The van der Waals surface area contributed by atoms with E-state index in [1.54, 1.807) is 6.08 Å². The van der Waals surface area contributed by atoms with Gasteiger partial charge < -0.3 is 4.90 Å². The molecule has 2 unspecified atom stereocenters. The summed E-state index contributed by atoms with van der Waals surface area (Å²) >= 11 is 0. The summed E-state index contributed by atoms with van der Waals surface area (Å²) in [7, 11) is 0. The molecule has 2 heteroatoms. The molecule has 1 aliphatic rings. The number of carbonyl (C=O) groups excluding carboxylic acids is 1. The van der Waals surface area contributed by atoms with Gasteiger partial charge in [0, 0.05) is 13.1 Å². The summed E-state index contributed by atoms with van der Waals surface area (Å²) in [5.74, 6) is 0.874. The largest absolute Gasteiger partial charge is 0.339 e. The molecule has 120 valence electrons. The van der Waals surface area contributed by atoms with Gasteiger partial charge in [-0.2, -0.15) is 0 Å². The highest BCUT2D eigenvalue weighted by atomic mass is 16.2. The Bertz CT molecular complexity index is 392. The van der Waals surface area contributed by atoms with E-state index in [1.165, 1.54) is 24.8 Å². The number of nitrogens with zero attached hydrogens (tertiary/aromatic N) is 1. The highest BCUT2D eigenvalue weighted by molar-refractivity contribution is 5.87. The van der Waals surface area contributed by atoms with Gasteiger partial charge in [0.15, 0.2) is 0 Å². The summed E-state index contributed by atoms with van der Waals surface area (Å²) in [5.41, 5.74) is 1.86. The van der Waals surface area contributed by atoms with Crippen molar-refractivity contribution in [1.82, 2.24) is 4.90 Å². The van der Waals surface area contributed by atoms with Gasteiger partial charge >= 0.3 is 0 Å². The lowest BCUT2D eigenvalue weighted by atomic mass is 9.98. The SMILES string of the molecule is CC=CC(=O)N(CCCC)CC1CC1(C)CCC=C(C)C. The second-order valence-corrected chi connectivity index (χ2v) is 7.01. The van der Waals surface area contributed by atoms with Crippen molar-refractivity contribution in [2.75, 3.05) is 13.1 Å².